The van der Waals surface area contributed by atoms with E-state index in [9.17, 15) is 4.79 Å². The number of hydrogen-bond donors (Lipinski definition) is 0. The number of ether oxygens (including phenoxy) is 3. The van der Waals surface area contributed by atoms with Gasteiger partial charge in [0.2, 0.25) is 0 Å². The fraction of sp³-hybridized carbons (Fsp3) is 0.560. The summed E-state index contributed by atoms with van der Waals surface area (Å²) in [7, 11) is 0. The Kier molecular flexibility index (Phi) is 11.7. The molecule has 0 bridgehead atoms. The second-order valence-electron chi connectivity index (χ2n) is 8.86. The summed E-state index contributed by atoms with van der Waals surface area (Å²) in [6.45, 7) is 6.82. The molecular formula is C25H36IN3O4. The lowest BCUT2D eigenvalue weighted by Gasteiger charge is -2.24. The standard InChI is InChI=1S/C14H20N2O3.C10H13NO.CH3I/c1-14(2,3)19-13(17)16-8-6-12(10-16)18-11-5-4-7-15-9-11;1-2-5-9(4-1)12-10-6-3-7-11-8-10;1-2/h4-5,7,9,12H,6,8,10H2,1-3H3;3,6-9H,1-2,4-5H2;1H3. The number of pyridine rings is 2. The lowest BCUT2D eigenvalue weighted by Crippen LogP contribution is -2.36. The molecular weight excluding hydrogens is 533 g/mol. The van der Waals surface area contributed by atoms with Crippen molar-refractivity contribution in [3.8, 4) is 11.5 Å². The number of nitrogens with zero attached hydrogens (tertiary/aromatic N) is 3. The largest absolute Gasteiger partial charge is 0.489 e. The molecule has 0 aromatic carbocycles. The highest BCUT2D eigenvalue weighted by Gasteiger charge is 2.30. The first-order valence-corrected chi connectivity index (χ1v) is 13.5. The van der Waals surface area contributed by atoms with Crippen LogP contribution in [-0.2, 0) is 4.74 Å². The van der Waals surface area contributed by atoms with Gasteiger partial charge in [-0.25, -0.2) is 4.79 Å². The quantitative estimate of drug-likeness (QED) is 0.336. The maximum Gasteiger partial charge on any atom is 0.410 e. The molecule has 0 spiro atoms. The van der Waals surface area contributed by atoms with E-state index in [1.165, 1.54) is 25.7 Å². The Morgan fingerprint density at radius 1 is 0.939 bits per heavy atom. The highest BCUT2D eigenvalue weighted by molar-refractivity contribution is 14.1. The third-order valence-corrected chi connectivity index (χ3v) is 4.97. The SMILES string of the molecule is CC(C)(C)OC(=O)N1CCC(Oc2cccnc2)C1.CI.c1cncc(OC2CCCC2)c1. The molecule has 8 heteroatoms. The molecule has 1 atom stereocenters. The normalized spacial score (nSPS) is 17.8. The van der Waals surface area contributed by atoms with Crippen molar-refractivity contribution in [2.45, 2.75) is 70.7 Å². The molecule has 2 aliphatic rings. The molecule has 1 saturated heterocycles. The number of halogens is 1. The summed E-state index contributed by atoms with van der Waals surface area (Å²) in [4.78, 5) is 23.6. The fourth-order valence-electron chi connectivity index (χ4n) is 3.54. The number of likely N-dealkylation sites (tertiary alicyclic amines) is 1. The summed E-state index contributed by atoms with van der Waals surface area (Å²) in [5, 5.41) is 0. The highest BCUT2D eigenvalue weighted by atomic mass is 127. The average Bonchev–Trinajstić information content (AvgIpc) is 3.48. The number of carbonyl (C=O) groups excluding carboxylic acids is 1. The van der Waals surface area contributed by atoms with Gasteiger partial charge in [0.05, 0.1) is 25.0 Å². The summed E-state index contributed by atoms with van der Waals surface area (Å²) >= 11 is 2.15. The van der Waals surface area contributed by atoms with Gasteiger partial charge in [0, 0.05) is 25.4 Å². The van der Waals surface area contributed by atoms with Crippen LogP contribution < -0.4 is 9.47 Å². The van der Waals surface area contributed by atoms with Crippen LogP contribution in [0.1, 0.15) is 52.9 Å². The maximum atomic E-state index is 11.9. The van der Waals surface area contributed by atoms with E-state index in [1.54, 1.807) is 29.7 Å². The van der Waals surface area contributed by atoms with Gasteiger partial charge < -0.3 is 19.1 Å². The topological polar surface area (TPSA) is 73.8 Å². The number of carbonyl (C=O) groups is 1. The van der Waals surface area contributed by atoms with Crippen LogP contribution in [0.4, 0.5) is 4.79 Å². The molecule has 0 radical (unpaired) electrons. The minimum Gasteiger partial charge on any atom is -0.489 e. The van der Waals surface area contributed by atoms with Crippen molar-refractivity contribution in [2.75, 3.05) is 18.0 Å². The Hall–Kier alpha value is -2.10. The van der Waals surface area contributed by atoms with Crippen LogP contribution in [0.2, 0.25) is 0 Å². The Morgan fingerprint density at radius 2 is 1.48 bits per heavy atom. The Labute approximate surface area is 211 Å². The molecule has 1 unspecified atom stereocenters. The minimum absolute atomic E-state index is 0.0109. The van der Waals surface area contributed by atoms with Gasteiger partial charge in [-0.2, -0.15) is 0 Å². The van der Waals surface area contributed by atoms with E-state index in [4.69, 9.17) is 14.2 Å². The van der Waals surface area contributed by atoms with Crippen molar-refractivity contribution >= 4 is 28.7 Å². The van der Waals surface area contributed by atoms with Crippen molar-refractivity contribution in [2.24, 2.45) is 0 Å². The van der Waals surface area contributed by atoms with Gasteiger partial charge in [-0.3, -0.25) is 9.97 Å². The summed E-state index contributed by atoms with van der Waals surface area (Å²) in [6.07, 6.45) is 12.9. The van der Waals surface area contributed by atoms with Gasteiger partial charge in [0.1, 0.15) is 23.2 Å². The van der Waals surface area contributed by atoms with Crippen LogP contribution in [0.25, 0.3) is 0 Å². The number of hydrogen-bond acceptors (Lipinski definition) is 6. The minimum atomic E-state index is -0.459. The lowest BCUT2D eigenvalue weighted by molar-refractivity contribution is 0.0275. The molecule has 2 aromatic heterocycles. The van der Waals surface area contributed by atoms with Gasteiger partial charge in [0.15, 0.2) is 0 Å². The predicted octanol–water partition coefficient (Wildman–Crippen LogP) is 5.92. The van der Waals surface area contributed by atoms with Crippen LogP contribution in [0, 0.1) is 0 Å². The predicted molar refractivity (Wildman–Crippen MR) is 138 cm³/mol. The molecule has 182 valence electrons. The first-order chi connectivity index (χ1) is 15.9. The van der Waals surface area contributed by atoms with Gasteiger partial charge >= 0.3 is 6.09 Å². The van der Waals surface area contributed by atoms with Crippen LogP contribution in [0.15, 0.2) is 49.1 Å². The van der Waals surface area contributed by atoms with Gasteiger partial charge in [0.25, 0.3) is 0 Å². The van der Waals surface area contributed by atoms with E-state index in [1.807, 2.05) is 50.0 Å². The van der Waals surface area contributed by atoms with Gasteiger partial charge in [-0.1, -0.05) is 22.6 Å². The van der Waals surface area contributed by atoms with E-state index < -0.39 is 5.60 Å². The molecule has 1 aliphatic heterocycles. The van der Waals surface area contributed by atoms with Crippen LogP contribution in [-0.4, -0.2) is 56.8 Å². The van der Waals surface area contributed by atoms with Gasteiger partial charge in [-0.15, -0.1) is 0 Å². The second kappa shape index (κ2) is 14.2. The van der Waals surface area contributed by atoms with Crippen molar-refractivity contribution in [3.05, 3.63) is 49.1 Å². The fourth-order valence-corrected chi connectivity index (χ4v) is 3.54. The summed E-state index contributed by atoms with van der Waals surface area (Å²) < 4.78 is 16.8. The highest BCUT2D eigenvalue weighted by Crippen LogP contribution is 2.23. The summed E-state index contributed by atoms with van der Waals surface area (Å²) in [5.41, 5.74) is -0.459. The summed E-state index contributed by atoms with van der Waals surface area (Å²) in [6, 6.07) is 7.56. The molecule has 0 N–H and O–H groups in total. The monoisotopic (exact) mass is 569 g/mol. The van der Waals surface area contributed by atoms with E-state index in [0.717, 1.165) is 17.9 Å². The zero-order chi connectivity index (χ0) is 24.1. The number of aromatic nitrogens is 2. The Bertz CT molecular complexity index is 796. The zero-order valence-corrected chi connectivity index (χ0v) is 22.2. The smallest absolute Gasteiger partial charge is 0.410 e. The van der Waals surface area contributed by atoms with Crippen molar-refractivity contribution < 1.29 is 19.0 Å². The third-order valence-electron chi connectivity index (χ3n) is 4.97. The number of rotatable bonds is 4. The molecule has 7 nitrogen and oxygen atoms in total. The van der Waals surface area contributed by atoms with Crippen molar-refractivity contribution in [1.82, 2.24) is 14.9 Å². The molecule has 1 amide bonds. The Morgan fingerprint density at radius 3 is 1.97 bits per heavy atom. The Balaban J connectivity index is 0.000000236. The molecule has 33 heavy (non-hydrogen) atoms. The van der Waals surface area contributed by atoms with E-state index in [0.29, 0.717) is 19.2 Å². The summed E-state index contributed by atoms with van der Waals surface area (Å²) in [5.74, 6) is 1.64. The molecule has 2 aromatic rings. The lowest BCUT2D eigenvalue weighted by atomic mass is 10.2. The average molecular weight is 569 g/mol. The van der Waals surface area contributed by atoms with E-state index >= 15 is 0 Å². The van der Waals surface area contributed by atoms with E-state index in [2.05, 4.69) is 32.6 Å². The first-order valence-electron chi connectivity index (χ1n) is 11.4. The number of alkyl halides is 1. The number of amides is 1. The molecule has 2 fully saturated rings. The van der Waals surface area contributed by atoms with E-state index in [-0.39, 0.29) is 12.2 Å². The molecule has 1 aliphatic carbocycles. The molecule has 4 rings (SSSR count). The first kappa shape index (κ1) is 27.1. The third kappa shape index (κ3) is 10.6. The van der Waals surface area contributed by atoms with Crippen LogP contribution in [0.5, 0.6) is 11.5 Å². The van der Waals surface area contributed by atoms with Gasteiger partial charge in [-0.05, 0) is 75.7 Å². The zero-order valence-electron chi connectivity index (χ0n) is 20.1. The maximum absolute atomic E-state index is 11.9. The van der Waals surface area contributed by atoms with Crippen molar-refractivity contribution in [1.29, 1.82) is 0 Å². The molecule has 3 heterocycles. The van der Waals surface area contributed by atoms with Crippen LogP contribution >= 0.6 is 22.6 Å². The second-order valence-corrected chi connectivity index (χ2v) is 8.86. The molecule has 1 saturated carbocycles. The van der Waals surface area contributed by atoms with Crippen molar-refractivity contribution in [3.63, 3.8) is 0 Å². The van der Waals surface area contributed by atoms with Crippen LogP contribution in [0.3, 0.4) is 0 Å².